The molecule has 6 nitrogen and oxygen atoms in total. The van der Waals surface area contributed by atoms with Gasteiger partial charge in [0.15, 0.2) is 5.96 Å². The molecule has 0 aliphatic heterocycles. The summed E-state index contributed by atoms with van der Waals surface area (Å²) in [6.45, 7) is 5.51. The van der Waals surface area contributed by atoms with E-state index in [9.17, 15) is 4.79 Å². The Morgan fingerprint density at radius 3 is 2.68 bits per heavy atom. The third-order valence-corrected chi connectivity index (χ3v) is 5.02. The van der Waals surface area contributed by atoms with E-state index in [1.807, 2.05) is 0 Å². The van der Waals surface area contributed by atoms with E-state index in [0.29, 0.717) is 37.4 Å². The van der Waals surface area contributed by atoms with E-state index >= 15 is 0 Å². The van der Waals surface area contributed by atoms with Gasteiger partial charge < -0.3 is 16.0 Å². The van der Waals surface area contributed by atoms with Crippen molar-refractivity contribution in [3.05, 3.63) is 16.1 Å². The number of hydrogen-bond acceptors (Lipinski definition) is 4. The molecule has 1 aliphatic carbocycles. The molecule has 1 aromatic heterocycles. The monoisotopic (exact) mass is 479 g/mol. The minimum absolute atomic E-state index is 0. The van der Waals surface area contributed by atoms with E-state index in [-0.39, 0.29) is 29.9 Å². The first-order valence-corrected chi connectivity index (χ1v) is 9.64. The summed E-state index contributed by atoms with van der Waals surface area (Å²) in [6, 6.07) is 0.384. The standard InChI is InChI=1S/C17H29N5OS.HI/c1-12(2)14-11-24-16(22-14)10-20-17(18-3)19-9-8-15(23)21-13-6-4-5-7-13;/h11-13H,4-10H2,1-3H3,(H,21,23)(H2,18,19,20);1H. The number of nitrogens with one attached hydrogen (secondary N) is 3. The summed E-state index contributed by atoms with van der Waals surface area (Å²) in [5.41, 5.74) is 1.13. The number of amides is 1. The van der Waals surface area contributed by atoms with E-state index in [4.69, 9.17) is 0 Å². The van der Waals surface area contributed by atoms with Crippen LogP contribution in [0.4, 0.5) is 0 Å². The van der Waals surface area contributed by atoms with Crippen molar-refractivity contribution in [3.63, 3.8) is 0 Å². The van der Waals surface area contributed by atoms with Gasteiger partial charge in [-0.2, -0.15) is 0 Å². The molecule has 0 saturated heterocycles. The summed E-state index contributed by atoms with van der Waals surface area (Å²) in [7, 11) is 1.73. The number of carbonyl (C=O) groups excluding carboxylic acids is 1. The molecule has 0 radical (unpaired) electrons. The first-order chi connectivity index (χ1) is 11.6. The van der Waals surface area contributed by atoms with Gasteiger partial charge in [-0.25, -0.2) is 4.98 Å². The average Bonchev–Trinajstić information content (AvgIpc) is 3.22. The van der Waals surface area contributed by atoms with Crippen molar-refractivity contribution in [1.29, 1.82) is 0 Å². The number of halogens is 1. The number of hydrogen-bond donors (Lipinski definition) is 3. The lowest BCUT2D eigenvalue weighted by atomic mass is 10.2. The molecule has 25 heavy (non-hydrogen) atoms. The van der Waals surface area contributed by atoms with Gasteiger partial charge in [0.05, 0.1) is 12.2 Å². The molecule has 8 heteroatoms. The number of aliphatic imine (C=N–C) groups is 1. The van der Waals surface area contributed by atoms with Crippen LogP contribution in [0, 0.1) is 0 Å². The maximum Gasteiger partial charge on any atom is 0.221 e. The van der Waals surface area contributed by atoms with Crippen LogP contribution in [0.15, 0.2) is 10.4 Å². The molecule has 0 aromatic carbocycles. The number of rotatable bonds is 7. The zero-order chi connectivity index (χ0) is 17.4. The summed E-state index contributed by atoms with van der Waals surface area (Å²) in [5.74, 6) is 1.27. The Balaban J connectivity index is 0.00000312. The lowest BCUT2D eigenvalue weighted by Crippen LogP contribution is -2.40. The molecule has 1 fully saturated rings. The molecule has 0 bridgehead atoms. The second-order valence-electron chi connectivity index (χ2n) is 6.47. The quantitative estimate of drug-likeness (QED) is 0.319. The van der Waals surface area contributed by atoms with Crippen molar-refractivity contribution in [3.8, 4) is 0 Å². The highest BCUT2D eigenvalue weighted by molar-refractivity contribution is 14.0. The lowest BCUT2D eigenvalue weighted by Gasteiger charge is -2.13. The molecule has 1 saturated carbocycles. The fourth-order valence-corrected chi connectivity index (χ4v) is 3.61. The fraction of sp³-hybridized carbons (Fsp3) is 0.706. The Labute approximate surface area is 171 Å². The molecule has 0 unspecified atom stereocenters. The summed E-state index contributed by atoms with van der Waals surface area (Å²) < 4.78 is 0. The topological polar surface area (TPSA) is 78.4 Å². The molecule has 2 rings (SSSR count). The first-order valence-electron chi connectivity index (χ1n) is 8.76. The summed E-state index contributed by atoms with van der Waals surface area (Å²) in [6.07, 6.45) is 5.17. The Kier molecular flexibility index (Phi) is 10.3. The Morgan fingerprint density at radius 1 is 1.36 bits per heavy atom. The number of carbonyl (C=O) groups is 1. The number of guanidine groups is 1. The Morgan fingerprint density at radius 2 is 2.08 bits per heavy atom. The third kappa shape index (κ3) is 7.89. The van der Waals surface area contributed by atoms with Gasteiger partial charge in [0.2, 0.25) is 5.91 Å². The van der Waals surface area contributed by atoms with Gasteiger partial charge in [0.25, 0.3) is 0 Å². The molecule has 1 aromatic rings. The summed E-state index contributed by atoms with van der Waals surface area (Å²) >= 11 is 1.66. The van der Waals surface area contributed by atoms with E-state index < -0.39 is 0 Å². The van der Waals surface area contributed by atoms with E-state index in [1.54, 1.807) is 18.4 Å². The van der Waals surface area contributed by atoms with E-state index in [2.05, 4.69) is 45.2 Å². The molecule has 1 heterocycles. The Bertz CT molecular complexity index is 555. The highest BCUT2D eigenvalue weighted by Gasteiger charge is 2.16. The van der Waals surface area contributed by atoms with Gasteiger partial charge in [0.1, 0.15) is 5.01 Å². The zero-order valence-corrected chi connectivity index (χ0v) is 18.4. The van der Waals surface area contributed by atoms with Gasteiger partial charge in [-0.3, -0.25) is 9.79 Å². The van der Waals surface area contributed by atoms with Gasteiger partial charge in [-0.05, 0) is 18.8 Å². The van der Waals surface area contributed by atoms with E-state index in [0.717, 1.165) is 23.5 Å². The van der Waals surface area contributed by atoms with Crippen molar-refractivity contribution >= 4 is 47.2 Å². The predicted molar refractivity (Wildman–Crippen MR) is 115 cm³/mol. The fourth-order valence-electron chi connectivity index (χ4n) is 2.72. The minimum atomic E-state index is 0. The van der Waals surface area contributed by atoms with Crippen LogP contribution in [0.1, 0.15) is 62.6 Å². The third-order valence-electron chi connectivity index (χ3n) is 4.16. The minimum Gasteiger partial charge on any atom is -0.356 e. The molecule has 0 spiro atoms. The number of thiazole rings is 1. The van der Waals surface area contributed by atoms with Crippen molar-refractivity contribution in [2.45, 2.75) is 64.5 Å². The van der Waals surface area contributed by atoms with Gasteiger partial charge in [0, 0.05) is 31.4 Å². The molecular formula is C17H30IN5OS. The normalized spacial score (nSPS) is 15.1. The second kappa shape index (κ2) is 11.7. The largest absolute Gasteiger partial charge is 0.356 e. The Hall–Kier alpha value is -0.900. The average molecular weight is 479 g/mol. The van der Waals surface area contributed by atoms with Crippen molar-refractivity contribution in [2.75, 3.05) is 13.6 Å². The summed E-state index contributed by atoms with van der Waals surface area (Å²) in [4.78, 5) is 20.7. The molecular weight excluding hydrogens is 449 g/mol. The van der Waals surface area contributed by atoms with Crippen molar-refractivity contribution < 1.29 is 4.79 Å². The molecule has 1 aliphatic rings. The van der Waals surface area contributed by atoms with Crippen LogP contribution in [-0.4, -0.2) is 36.5 Å². The van der Waals surface area contributed by atoms with Crippen LogP contribution in [0.2, 0.25) is 0 Å². The van der Waals surface area contributed by atoms with Crippen LogP contribution in [0.5, 0.6) is 0 Å². The smallest absolute Gasteiger partial charge is 0.221 e. The zero-order valence-electron chi connectivity index (χ0n) is 15.3. The predicted octanol–water partition coefficient (Wildman–Crippen LogP) is 3.00. The lowest BCUT2D eigenvalue weighted by molar-refractivity contribution is -0.121. The van der Waals surface area contributed by atoms with Crippen LogP contribution in [0.3, 0.4) is 0 Å². The maximum atomic E-state index is 11.9. The van der Waals surface area contributed by atoms with Crippen LogP contribution < -0.4 is 16.0 Å². The highest BCUT2D eigenvalue weighted by Crippen LogP contribution is 2.18. The molecule has 0 atom stereocenters. The van der Waals surface area contributed by atoms with Crippen molar-refractivity contribution in [1.82, 2.24) is 20.9 Å². The summed E-state index contributed by atoms with van der Waals surface area (Å²) in [5, 5.41) is 12.7. The van der Waals surface area contributed by atoms with Crippen LogP contribution in [-0.2, 0) is 11.3 Å². The molecule has 3 N–H and O–H groups in total. The van der Waals surface area contributed by atoms with Crippen LogP contribution in [0.25, 0.3) is 0 Å². The maximum absolute atomic E-state index is 11.9. The number of nitrogens with zero attached hydrogens (tertiary/aromatic N) is 2. The van der Waals surface area contributed by atoms with E-state index in [1.165, 1.54) is 12.8 Å². The second-order valence-corrected chi connectivity index (χ2v) is 7.41. The first kappa shape index (κ1) is 22.1. The highest BCUT2D eigenvalue weighted by atomic mass is 127. The van der Waals surface area contributed by atoms with Crippen LogP contribution >= 0.6 is 35.3 Å². The molecule has 1 amide bonds. The van der Waals surface area contributed by atoms with Crippen molar-refractivity contribution in [2.24, 2.45) is 4.99 Å². The van der Waals surface area contributed by atoms with Gasteiger partial charge in [-0.15, -0.1) is 35.3 Å². The molecule has 142 valence electrons. The SMILES string of the molecule is CN=C(NCCC(=O)NC1CCCC1)NCc1nc(C(C)C)cs1.I. The van der Waals surface area contributed by atoms with Gasteiger partial charge >= 0.3 is 0 Å². The van der Waals surface area contributed by atoms with Gasteiger partial charge in [-0.1, -0.05) is 26.7 Å². The number of aromatic nitrogens is 1.